The predicted octanol–water partition coefficient (Wildman–Crippen LogP) is 0.543. The monoisotopic (exact) mass is 317 g/mol. The third kappa shape index (κ3) is 5.54. The second-order valence-electron chi connectivity index (χ2n) is 4.68. The van der Waals surface area contributed by atoms with Gasteiger partial charge in [-0.1, -0.05) is 6.92 Å². The van der Waals surface area contributed by atoms with E-state index < -0.39 is 24.7 Å². The van der Waals surface area contributed by atoms with Crippen molar-refractivity contribution >= 4 is 24.2 Å². The van der Waals surface area contributed by atoms with E-state index in [4.69, 9.17) is 0 Å². The molecule has 1 aliphatic rings. The predicted molar refractivity (Wildman–Crippen MR) is 69.5 cm³/mol. The van der Waals surface area contributed by atoms with Crippen LogP contribution in [0.4, 0.5) is 13.2 Å². The average Bonchev–Trinajstić information content (AvgIpc) is 2.60. The van der Waals surface area contributed by atoms with Gasteiger partial charge in [0.05, 0.1) is 0 Å². The highest BCUT2D eigenvalue weighted by atomic mass is 35.5. The molecule has 0 aromatic carbocycles. The number of rotatable bonds is 5. The molecule has 0 aliphatic carbocycles. The lowest BCUT2D eigenvalue weighted by atomic mass is 10.1. The molecule has 1 saturated heterocycles. The molecule has 0 radical (unpaired) electrons. The van der Waals surface area contributed by atoms with Crippen molar-refractivity contribution in [1.82, 2.24) is 15.5 Å². The van der Waals surface area contributed by atoms with Crippen LogP contribution in [0, 0.1) is 5.92 Å². The lowest BCUT2D eigenvalue weighted by Gasteiger charge is -2.19. The highest BCUT2D eigenvalue weighted by molar-refractivity contribution is 5.89. The van der Waals surface area contributed by atoms with Gasteiger partial charge >= 0.3 is 6.18 Å². The van der Waals surface area contributed by atoms with Crippen LogP contribution in [0.2, 0.25) is 0 Å². The van der Waals surface area contributed by atoms with Crippen molar-refractivity contribution in [2.24, 2.45) is 5.92 Å². The van der Waals surface area contributed by atoms with Crippen LogP contribution >= 0.6 is 12.4 Å². The van der Waals surface area contributed by atoms with E-state index in [-0.39, 0.29) is 37.2 Å². The fourth-order valence-electron chi connectivity index (χ4n) is 1.96. The first-order valence-electron chi connectivity index (χ1n) is 6.05. The van der Waals surface area contributed by atoms with Gasteiger partial charge in [-0.3, -0.25) is 9.59 Å². The maximum Gasteiger partial charge on any atom is 0.406 e. The van der Waals surface area contributed by atoms with Crippen molar-refractivity contribution < 1.29 is 22.8 Å². The molecular formula is C11H19ClF3N3O2. The first kappa shape index (κ1) is 19.0. The fourth-order valence-corrected chi connectivity index (χ4v) is 1.96. The normalized spacial score (nSPS) is 20.6. The molecular weight excluding hydrogens is 299 g/mol. The van der Waals surface area contributed by atoms with Crippen molar-refractivity contribution in [2.75, 3.05) is 26.7 Å². The number of carbonyl (C=O) groups is 2. The second-order valence-corrected chi connectivity index (χ2v) is 4.68. The van der Waals surface area contributed by atoms with Gasteiger partial charge in [0.15, 0.2) is 0 Å². The Hall–Kier alpha value is -1.02. The first-order valence-corrected chi connectivity index (χ1v) is 6.05. The quantitative estimate of drug-likeness (QED) is 0.778. The van der Waals surface area contributed by atoms with Crippen LogP contribution in [0.15, 0.2) is 0 Å². The molecule has 2 atom stereocenters. The Morgan fingerprint density at radius 3 is 2.60 bits per heavy atom. The van der Waals surface area contributed by atoms with Gasteiger partial charge in [0.2, 0.25) is 11.8 Å². The van der Waals surface area contributed by atoms with Gasteiger partial charge in [0, 0.05) is 19.0 Å². The van der Waals surface area contributed by atoms with Gasteiger partial charge in [-0.25, -0.2) is 0 Å². The summed E-state index contributed by atoms with van der Waals surface area (Å²) in [6.45, 7) is 0.881. The van der Waals surface area contributed by atoms with Crippen molar-refractivity contribution in [3.63, 3.8) is 0 Å². The molecule has 0 aromatic rings. The Morgan fingerprint density at radius 1 is 1.50 bits per heavy atom. The van der Waals surface area contributed by atoms with E-state index in [9.17, 15) is 22.8 Å². The Labute approximate surface area is 121 Å². The number of likely N-dealkylation sites (tertiary alicyclic amines) is 1. The number of halogens is 4. The Morgan fingerprint density at radius 2 is 2.10 bits per heavy atom. The van der Waals surface area contributed by atoms with E-state index in [1.54, 1.807) is 14.0 Å². The lowest BCUT2D eigenvalue weighted by Crippen LogP contribution is -2.46. The number of amides is 2. The summed E-state index contributed by atoms with van der Waals surface area (Å²) >= 11 is 0. The fraction of sp³-hybridized carbons (Fsp3) is 0.818. The Balaban J connectivity index is 0.00000361. The SMILES string of the molecule is CNCC(C)C(=O)NC1CCN(CC(F)(F)F)C1=O.Cl. The van der Waals surface area contributed by atoms with Crippen LogP contribution in [0.3, 0.4) is 0 Å². The van der Waals surface area contributed by atoms with Crippen molar-refractivity contribution in [1.29, 1.82) is 0 Å². The highest BCUT2D eigenvalue weighted by Crippen LogP contribution is 2.21. The maximum atomic E-state index is 12.2. The molecule has 1 fully saturated rings. The molecule has 0 spiro atoms. The number of carbonyl (C=O) groups excluding carboxylic acids is 2. The average molecular weight is 318 g/mol. The highest BCUT2D eigenvalue weighted by Gasteiger charge is 2.39. The zero-order valence-corrected chi connectivity index (χ0v) is 12.1. The second kappa shape index (κ2) is 7.68. The van der Waals surface area contributed by atoms with Crippen LogP contribution < -0.4 is 10.6 Å². The number of hydrogen-bond donors (Lipinski definition) is 2. The molecule has 20 heavy (non-hydrogen) atoms. The molecule has 5 nitrogen and oxygen atoms in total. The Kier molecular flexibility index (Phi) is 7.29. The molecule has 0 saturated carbocycles. The van der Waals surface area contributed by atoms with E-state index in [1.807, 2.05) is 0 Å². The van der Waals surface area contributed by atoms with E-state index >= 15 is 0 Å². The van der Waals surface area contributed by atoms with Gasteiger partial charge in [-0.2, -0.15) is 13.2 Å². The van der Waals surface area contributed by atoms with Gasteiger partial charge in [-0.15, -0.1) is 12.4 Å². The molecule has 0 aromatic heterocycles. The Bertz CT molecular complexity index is 352. The van der Waals surface area contributed by atoms with Gasteiger partial charge in [0.1, 0.15) is 12.6 Å². The minimum atomic E-state index is -4.41. The molecule has 2 N–H and O–H groups in total. The van der Waals surface area contributed by atoms with Gasteiger partial charge in [-0.05, 0) is 13.5 Å². The molecule has 1 rings (SSSR count). The topological polar surface area (TPSA) is 61.4 Å². The van der Waals surface area contributed by atoms with Crippen molar-refractivity contribution in [3.05, 3.63) is 0 Å². The van der Waals surface area contributed by atoms with Crippen molar-refractivity contribution in [2.45, 2.75) is 25.6 Å². The van der Waals surface area contributed by atoms with E-state index in [1.165, 1.54) is 0 Å². The van der Waals surface area contributed by atoms with E-state index in [0.29, 0.717) is 6.54 Å². The molecule has 0 bridgehead atoms. The summed E-state index contributed by atoms with van der Waals surface area (Å²) in [5.41, 5.74) is 0. The third-order valence-electron chi connectivity index (χ3n) is 2.94. The summed E-state index contributed by atoms with van der Waals surface area (Å²) in [5.74, 6) is -1.33. The first-order chi connectivity index (χ1) is 8.74. The minimum absolute atomic E-state index is 0. The summed E-state index contributed by atoms with van der Waals surface area (Å²) in [4.78, 5) is 24.1. The van der Waals surface area contributed by atoms with Crippen LogP contribution in [0.5, 0.6) is 0 Å². The molecule has 118 valence electrons. The van der Waals surface area contributed by atoms with Crippen LogP contribution in [0.25, 0.3) is 0 Å². The summed E-state index contributed by atoms with van der Waals surface area (Å²) in [5, 5.41) is 5.31. The molecule has 1 aliphatic heterocycles. The standard InChI is InChI=1S/C11H18F3N3O2.ClH/c1-7(5-15-2)9(18)16-8-3-4-17(10(8)19)6-11(12,13)14;/h7-8,15H,3-6H2,1-2H3,(H,16,18);1H. The van der Waals surface area contributed by atoms with Gasteiger partial charge in [0.25, 0.3) is 0 Å². The van der Waals surface area contributed by atoms with E-state index in [2.05, 4.69) is 10.6 Å². The molecule has 1 heterocycles. The van der Waals surface area contributed by atoms with Crippen LogP contribution in [-0.4, -0.2) is 55.6 Å². The molecule has 9 heteroatoms. The molecule has 2 amide bonds. The van der Waals surface area contributed by atoms with Crippen LogP contribution in [0.1, 0.15) is 13.3 Å². The lowest BCUT2D eigenvalue weighted by molar-refractivity contribution is -0.158. The van der Waals surface area contributed by atoms with Crippen LogP contribution in [-0.2, 0) is 9.59 Å². The number of nitrogens with one attached hydrogen (secondary N) is 2. The largest absolute Gasteiger partial charge is 0.406 e. The zero-order valence-electron chi connectivity index (χ0n) is 11.3. The maximum absolute atomic E-state index is 12.2. The number of alkyl halides is 3. The molecule has 2 unspecified atom stereocenters. The summed E-state index contributed by atoms with van der Waals surface area (Å²) < 4.78 is 36.6. The van der Waals surface area contributed by atoms with Gasteiger partial charge < -0.3 is 15.5 Å². The van der Waals surface area contributed by atoms with Crippen molar-refractivity contribution in [3.8, 4) is 0 Å². The van der Waals surface area contributed by atoms with E-state index in [0.717, 1.165) is 4.90 Å². The zero-order chi connectivity index (χ0) is 14.6. The number of hydrogen-bond acceptors (Lipinski definition) is 3. The minimum Gasteiger partial charge on any atom is -0.344 e. The third-order valence-corrected chi connectivity index (χ3v) is 2.94. The summed E-state index contributed by atoms with van der Waals surface area (Å²) in [6, 6.07) is -0.839. The smallest absolute Gasteiger partial charge is 0.344 e. The summed E-state index contributed by atoms with van der Waals surface area (Å²) in [7, 11) is 1.69. The number of nitrogens with zero attached hydrogens (tertiary/aromatic N) is 1. The summed E-state index contributed by atoms with van der Waals surface area (Å²) in [6.07, 6.45) is -4.19.